The molecule has 0 aliphatic rings. The maximum Gasteiger partial charge on any atom is 0.193 e. The van der Waals surface area contributed by atoms with Crippen molar-refractivity contribution in [3.8, 4) is 17.2 Å². The number of phenolic OH excluding ortho intramolecular Hbond substituents is 1. The normalized spacial score (nSPS) is 11.0. The molecular weight excluding hydrogens is 316 g/mol. The summed E-state index contributed by atoms with van der Waals surface area (Å²) in [5, 5.41) is 12.4. The summed E-state index contributed by atoms with van der Waals surface area (Å²) in [6, 6.07) is 16.9. The third kappa shape index (κ3) is 3.48. The predicted octanol–water partition coefficient (Wildman–Crippen LogP) is 4.46. The van der Waals surface area contributed by atoms with E-state index in [2.05, 4.69) is 0 Å². The fraction of sp³-hybridized carbons (Fsp3) is 0.0952. The number of carbonyl (C=O) groups excluding carboxylic acids is 1. The molecule has 0 heterocycles. The maximum absolute atomic E-state index is 12.5. The average molecular weight is 334 g/mol. The predicted molar refractivity (Wildman–Crippen MR) is 98.5 cm³/mol. The lowest BCUT2D eigenvalue weighted by molar-refractivity contribution is 0.104. The van der Waals surface area contributed by atoms with Crippen molar-refractivity contribution in [2.45, 2.75) is 0 Å². The van der Waals surface area contributed by atoms with Gasteiger partial charge in [0.15, 0.2) is 5.78 Å². The van der Waals surface area contributed by atoms with Crippen LogP contribution < -0.4 is 9.47 Å². The molecule has 25 heavy (non-hydrogen) atoms. The topological polar surface area (TPSA) is 55.8 Å². The highest BCUT2D eigenvalue weighted by molar-refractivity contribution is 6.10. The zero-order chi connectivity index (χ0) is 17.8. The molecule has 0 saturated heterocycles. The third-order valence-corrected chi connectivity index (χ3v) is 3.96. The molecule has 0 atom stereocenters. The largest absolute Gasteiger partial charge is 0.507 e. The number of benzene rings is 3. The molecule has 1 N–H and O–H groups in total. The molecule has 0 aliphatic carbocycles. The summed E-state index contributed by atoms with van der Waals surface area (Å²) in [5.41, 5.74) is 1.01. The highest BCUT2D eigenvalue weighted by atomic mass is 16.5. The zero-order valence-electron chi connectivity index (χ0n) is 14.0. The van der Waals surface area contributed by atoms with Crippen molar-refractivity contribution in [3.05, 3.63) is 71.8 Å². The number of phenols is 1. The van der Waals surface area contributed by atoms with E-state index in [0.717, 1.165) is 16.3 Å². The first-order chi connectivity index (χ1) is 12.1. The molecule has 0 aromatic heterocycles. The first-order valence-electron chi connectivity index (χ1n) is 7.78. The highest BCUT2D eigenvalue weighted by Gasteiger charge is 2.17. The molecule has 0 saturated carbocycles. The molecule has 0 bridgehead atoms. The monoisotopic (exact) mass is 334 g/mol. The molecule has 0 radical (unpaired) electrons. The average Bonchev–Trinajstić information content (AvgIpc) is 2.65. The molecule has 0 unspecified atom stereocenters. The van der Waals surface area contributed by atoms with Crippen LogP contribution in [-0.4, -0.2) is 25.1 Å². The number of ether oxygens (including phenoxy) is 2. The van der Waals surface area contributed by atoms with Crippen LogP contribution in [0, 0.1) is 0 Å². The van der Waals surface area contributed by atoms with Crippen LogP contribution in [-0.2, 0) is 0 Å². The van der Waals surface area contributed by atoms with E-state index in [1.54, 1.807) is 12.1 Å². The molecule has 3 aromatic rings. The van der Waals surface area contributed by atoms with Crippen LogP contribution in [0.25, 0.3) is 16.8 Å². The first kappa shape index (κ1) is 16.6. The van der Waals surface area contributed by atoms with Gasteiger partial charge in [-0.1, -0.05) is 42.5 Å². The summed E-state index contributed by atoms with van der Waals surface area (Å²) in [6.07, 6.45) is 3.14. The van der Waals surface area contributed by atoms with Crippen molar-refractivity contribution in [1.82, 2.24) is 0 Å². The Morgan fingerprint density at radius 1 is 0.960 bits per heavy atom. The standard InChI is InChI=1S/C21H18O4/c1-24-17-12-19(23)21(20(13-17)25-2)18(22)10-8-14-7-9-15-5-3-4-6-16(15)11-14/h3-13,23H,1-2H3. The van der Waals surface area contributed by atoms with Gasteiger partial charge >= 0.3 is 0 Å². The second-order valence-corrected chi connectivity index (χ2v) is 5.53. The van der Waals surface area contributed by atoms with Crippen LogP contribution in [0.4, 0.5) is 0 Å². The second-order valence-electron chi connectivity index (χ2n) is 5.53. The van der Waals surface area contributed by atoms with Crippen molar-refractivity contribution in [2.24, 2.45) is 0 Å². The summed E-state index contributed by atoms with van der Waals surface area (Å²) in [6.45, 7) is 0. The number of rotatable bonds is 5. The van der Waals surface area contributed by atoms with E-state index in [9.17, 15) is 9.90 Å². The fourth-order valence-electron chi connectivity index (χ4n) is 2.67. The Morgan fingerprint density at radius 2 is 1.72 bits per heavy atom. The molecule has 3 aromatic carbocycles. The smallest absolute Gasteiger partial charge is 0.193 e. The van der Waals surface area contributed by atoms with E-state index in [1.807, 2.05) is 42.5 Å². The summed E-state index contributed by atoms with van der Waals surface area (Å²) < 4.78 is 10.3. The van der Waals surface area contributed by atoms with Gasteiger partial charge in [0, 0.05) is 12.1 Å². The molecule has 0 aliphatic heterocycles. The van der Waals surface area contributed by atoms with E-state index in [0.29, 0.717) is 5.75 Å². The fourth-order valence-corrected chi connectivity index (χ4v) is 2.67. The highest BCUT2D eigenvalue weighted by Crippen LogP contribution is 2.33. The Hall–Kier alpha value is -3.27. The molecule has 0 fully saturated rings. The van der Waals surface area contributed by atoms with Gasteiger partial charge in [-0.25, -0.2) is 0 Å². The van der Waals surface area contributed by atoms with Crippen LogP contribution in [0.3, 0.4) is 0 Å². The number of ketones is 1. The lowest BCUT2D eigenvalue weighted by Gasteiger charge is -2.10. The zero-order valence-corrected chi connectivity index (χ0v) is 14.0. The summed E-state index contributed by atoms with van der Waals surface area (Å²) >= 11 is 0. The van der Waals surface area contributed by atoms with Crippen molar-refractivity contribution in [2.75, 3.05) is 14.2 Å². The Balaban J connectivity index is 1.91. The van der Waals surface area contributed by atoms with E-state index in [-0.39, 0.29) is 22.8 Å². The summed E-state index contributed by atoms with van der Waals surface area (Å²) in [5.74, 6) is 0.170. The van der Waals surface area contributed by atoms with Crippen molar-refractivity contribution >= 4 is 22.6 Å². The van der Waals surface area contributed by atoms with Gasteiger partial charge in [0.1, 0.15) is 22.8 Å². The van der Waals surface area contributed by atoms with Gasteiger partial charge in [-0.3, -0.25) is 4.79 Å². The maximum atomic E-state index is 12.5. The van der Waals surface area contributed by atoms with Gasteiger partial charge in [0.2, 0.25) is 0 Å². The Bertz CT molecular complexity index is 957. The number of hydrogen-bond donors (Lipinski definition) is 1. The minimum atomic E-state index is -0.342. The molecular formula is C21H18O4. The summed E-state index contributed by atoms with van der Waals surface area (Å²) in [4.78, 5) is 12.5. The van der Waals surface area contributed by atoms with Crippen molar-refractivity contribution in [3.63, 3.8) is 0 Å². The number of aromatic hydroxyl groups is 1. The summed E-state index contributed by atoms with van der Waals surface area (Å²) in [7, 11) is 2.92. The van der Waals surface area contributed by atoms with Gasteiger partial charge < -0.3 is 14.6 Å². The lowest BCUT2D eigenvalue weighted by Crippen LogP contribution is -2.00. The third-order valence-electron chi connectivity index (χ3n) is 3.96. The van der Waals surface area contributed by atoms with Crippen LogP contribution in [0.1, 0.15) is 15.9 Å². The molecule has 4 heteroatoms. The Morgan fingerprint density at radius 3 is 2.44 bits per heavy atom. The Kier molecular flexibility index (Phi) is 4.70. The molecule has 3 rings (SSSR count). The molecule has 4 nitrogen and oxygen atoms in total. The SMILES string of the molecule is COc1cc(O)c(C(=O)C=Cc2ccc3ccccc3c2)c(OC)c1. The lowest BCUT2D eigenvalue weighted by atomic mass is 10.0. The van der Waals surface area contributed by atoms with E-state index < -0.39 is 0 Å². The van der Waals surface area contributed by atoms with E-state index in [4.69, 9.17) is 9.47 Å². The number of fused-ring (bicyclic) bond motifs is 1. The van der Waals surface area contributed by atoms with E-state index >= 15 is 0 Å². The van der Waals surface area contributed by atoms with Gasteiger partial charge in [0.25, 0.3) is 0 Å². The van der Waals surface area contributed by atoms with Crippen molar-refractivity contribution < 1.29 is 19.4 Å². The first-order valence-corrected chi connectivity index (χ1v) is 7.78. The van der Waals surface area contributed by atoms with Gasteiger partial charge in [-0.15, -0.1) is 0 Å². The quantitative estimate of drug-likeness (QED) is 0.553. The van der Waals surface area contributed by atoms with Gasteiger partial charge in [0.05, 0.1) is 14.2 Å². The molecule has 0 spiro atoms. The number of hydrogen-bond acceptors (Lipinski definition) is 4. The van der Waals surface area contributed by atoms with Crippen LogP contribution in [0.15, 0.2) is 60.7 Å². The molecule has 126 valence electrons. The van der Waals surface area contributed by atoms with Gasteiger partial charge in [-0.2, -0.15) is 0 Å². The Labute approximate surface area is 145 Å². The van der Waals surface area contributed by atoms with Crippen LogP contribution in [0.2, 0.25) is 0 Å². The van der Waals surface area contributed by atoms with Crippen LogP contribution in [0.5, 0.6) is 17.2 Å². The number of carbonyl (C=O) groups is 1. The van der Waals surface area contributed by atoms with Crippen molar-refractivity contribution in [1.29, 1.82) is 0 Å². The minimum Gasteiger partial charge on any atom is -0.507 e. The number of allylic oxidation sites excluding steroid dienone is 1. The van der Waals surface area contributed by atoms with E-state index in [1.165, 1.54) is 26.4 Å². The number of methoxy groups -OCH3 is 2. The van der Waals surface area contributed by atoms with Gasteiger partial charge in [-0.05, 0) is 28.5 Å². The second kappa shape index (κ2) is 7.09. The van der Waals surface area contributed by atoms with Crippen LogP contribution >= 0.6 is 0 Å². The minimum absolute atomic E-state index is 0.111. The molecule has 0 amide bonds.